The van der Waals surface area contributed by atoms with E-state index in [1.807, 2.05) is 0 Å². The Balaban J connectivity index is 1.89. The maximum absolute atomic E-state index is 13.7. The second-order valence-corrected chi connectivity index (χ2v) is 5.59. The van der Waals surface area contributed by atoms with E-state index in [9.17, 15) is 13.6 Å². The normalized spacial score (nSPS) is 20.0. The monoisotopic (exact) mass is 297 g/mol. The van der Waals surface area contributed by atoms with Crippen molar-refractivity contribution in [3.63, 3.8) is 0 Å². The van der Waals surface area contributed by atoms with Crippen molar-refractivity contribution in [2.75, 3.05) is 20.2 Å². The molecule has 0 radical (unpaired) electrons. The van der Waals surface area contributed by atoms with Crippen LogP contribution in [0.2, 0.25) is 0 Å². The summed E-state index contributed by atoms with van der Waals surface area (Å²) in [5, 5.41) is 0. The molecule has 1 aliphatic rings. The number of methoxy groups -OCH3 is 1. The van der Waals surface area contributed by atoms with Gasteiger partial charge in [-0.1, -0.05) is 6.07 Å². The molecule has 0 bridgehead atoms. The summed E-state index contributed by atoms with van der Waals surface area (Å²) < 4.78 is 31.3. The summed E-state index contributed by atoms with van der Waals surface area (Å²) >= 11 is 0. The molecule has 116 valence electrons. The van der Waals surface area contributed by atoms with E-state index in [1.54, 1.807) is 0 Å². The lowest BCUT2D eigenvalue weighted by atomic mass is 9.97. The van der Waals surface area contributed by atoms with E-state index in [2.05, 4.69) is 4.90 Å². The summed E-state index contributed by atoms with van der Waals surface area (Å²) in [6.07, 6.45) is 3.31. The molecule has 2 rings (SSSR count). The van der Waals surface area contributed by atoms with Gasteiger partial charge in [-0.05, 0) is 44.3 Å². The largest absolute Gasteiger partial charge is 0.469 e. The Hall–Kier alpha value is -1.49. The van der Waals surface area contributed by atoms with Crippen molar-refractivity contribution in [1.82, 2.24) is 4.90 Å². The number of esters is 1. The highest BCUT2D eigenvalue weighted by atomic mass is 19.1. The van der Waals surface area contributed by atoms with Crippen LogP contribution in [0.3, 0.4) is 0 Å². The van der Waals surface area contributed by atoms with Gasteiger partial charge in [0, 0.05) is 24.6 Å². The third kappa shape index (κ3) is 4.77. The third-order valence-electron chi connectivity index (χ3n) is 4.03. The molecule has 0 N–H and O–H groups in total. The Morgan fingerprint density at radius 2 is 2.14 bits per heavy atom. The predicted molar refractivity (Wildman–Crippen MR) is 75.6 cm³/mol. The van der Waals surface area contributed by atoms with Crippen LogP contribution in [0, 0.1) is 17.6 Å². The zero-order valence-electron chi connectivity index (χ0n) is 12.3. The van der Waals surface area contributed by atoms with Gasteiger partial charge in [0.05, 0.1) is 7.11 Å². The molecule has 1 fully saturated rings. The second-order valence-electron chi connectivity index (χ2n) is 5.59. The van der Waals surface area contributed by atoms with Crippen LogP contribution < -0.4 is 0 Å². The van der Waals surface area contributed by atoms with Crippen molar-refractivity contribution < 1.29 is 18.3 Å². The maximum Gasteiger partial charge on any atom is 0.305 e. The quantitative estimate of drug-likeness (QED) is 0.800. The van der Waals surface area contributed by atoms with E-state index in [0.29, 0.717) is 24.4 Å². The van der Waals surface area contributed by atoms with E-state index in [1.165, 1.54) is 19.2 Å². The number of rotatable bonds is 4. The van der Waals surface area contributed by atoms with Gasteiger partial charge in [0.1, 0.15) is 11.6 Å². The first-order valence-corrected chi connectivity index (χ1v) is 7.31. The number of nitrogens with zero attached hydrogens (tertiary/aromatic N) is 1. The molecule has 0 aromatic heterocycles. The lowest BCUT2D eigenvalue weighted by Crippen LogP contribution is -2.25. The summed E-state index contributed by atoms with van der Waals surface area (Å²) in [4.78, 5) is 13.5. The van der Waals surface area contributed by atoms with Gasteiger partial charge in [0.2, 0.25) is 0 Å². The van der Waals surface area contributed by atoms with Crippen molar-refractivity contribution in [2.45, 2.75) is 32.2 Å². The Morgan fingerprint density at radius 1 is 1.33 bits per heavy atom. The van der Waals surface area contributed by atoms with Gasteiger partial charge in [-0.3, -0.25) is 9.69 Å². The van der Waals surface area contributed by atoms with Crippen molar-refractivity contribution in [1.29, 1.82) is 0 Å². The van der Waals surface area contributed by atoms with Crippen molar-refractivity contribution in [2.24, 2.45) is 5.92 Å². The molecule has 0 saturated carbocycles. The van der Waals surface area contributed by atoms with Crippen molar-refractivity contribution in [3.05, 3.63) is 35.4 Å². The summed E-state index contributed by atoms with van der Waals surface area (Å²) in [7, 11) is 1.41. The van der Waals surface area contributed by atoms with Crippen molar-refractivity contribution >= 4 is 5.97 Å². The van der Waals surface area contributed by atoms with Gasteiger partial charge in [-0.25, -0.2) is 8.78 Å². The number of hydrogen-bond donors (Lipinski definition) is 0. The van der Waals surface area contributed by atoms with Gasteiger partial charge < -0.3 is 4.74 Å². The van der Waals surface area contributed by atoms with Gasteiger partial charge >= 0.3 is 5.97 Å². The van der Waals surface area contributed by atoms with Crippen molar-refractivity contribution in [3.8, 4) is 0 Å². The first-order valence-electron chi connectivity index (χ1n) is 7.31. The fraction of sp³-hybridized carbons (Fsp3) is 0.562. The Kier molecular flexibility index (Phi) is 5.67. The Morgan fingerprint density at radius 3 is 2.86 bits per heavy atom. The number of benzene rings is 1. The highest BCUT2D eigenvalue weighted by molar-refractivity contribution is 5.69. The van der Waals surface area contributed by atoms with Crippen LogP contribution in [0.25, 0.3) is 0 Å². The molecular formula is C16H21F2NO2. The molecule has 1 heterocycles. The minimum atomic E-state index is -0.551. The Bertz CT molecular complexity index is 493. The van der Waals surface area contributed by atoms with Crippen LogP contribution in [0.1, 0.15) is 31.2 Å². The maximum atomic E-state index is 13.7. The summed E-state index contributed by atoms with van der Waals surface area (Å²) in [5.41, 5.74) is 0.516. The number of hydrogen-bond acceptors (Lipinski definition) is 3. The minimum absolute atomic E-state index is 0.168. The predicted octanol–water partition coefficient (Wildman–Crippen LogP) is 3.13. The van der Waals surface area contributed by atoms with Crippen LogP contribution in [-0.4, -0.2) is 31.1 Å². The van der Waals surface area contributed by atoms with Crippen LogP contribution in [0.15, 0.2) is 18.2 Å². The number of halogens is 2. The molecule has 0 aliphatic carbocycles. The standard InChI is InChI=1S/C16H21F2NO2/c1-21-16(20)9-12-3-2-7-19(8-6-12)11-13-4-5-14(17)10-15(13)18/h4-5,10,12H,2-3,6-9,11H2,1H3/t12-/m0/s1. The lowest BCUT2D eigenvalue weighted by Gasteiger charge is -2.20. The first-order chi connectivity index (χ1) is 10.1. The zero-order chi connectivity index (χ0) is 15.2. The van der Waals surface area contributed by atoms with E-state index in [4.69, 9.17) is 4.74 Å². The Labute approximate surface area is 123 Å². The number of likely N-dealkylation sites (tertiary alicyclic amines) is 1. The highest BCUT2D eigenvalue weighted by Crippen LogP contribution is 2.22. The molecular weight excluding hydrogens is 276 g/mol. The van der Waals surface area contributed by atoms with E-state index in [-0.39, 0.29) is 5.97 Å². The molecule has 1 aromatic rings. The highest BCUT2D eigenvalue weighted by Gasteiger charge is 2.20. The van der Waals surface area contributed by atoms with Crippen LogP contribution >= 0.6 is 0 Å². The molecule has 5 heteroatoms. The smallest absolute Gasteiger partial charge is 0.305 e. The SMILES string of the molecule is COC(=O)C[C@H]1CCCN(Cc2ccc(F)cc2F)CC1. The van der Waals surface area contributed by atoms with Gasteiger partial charge in [-0.15, -0.1) is 0 Å². The number of carbonyl (C=O) groups excluding carboxylic acids is 1. The fourth-order valence-electron chi connectivity index (χ4n) is 2.80. The average molecular weight is 297 g/mol. The summed E-state index contributed by atoms with van der Waals surface area (Å²) in [5.74, 6) is -0.880. The van der Waals surface area contributed by atoms with Crippen LogP contribution in [0.5, 0.6) is 0 Å². The average Bonchev–Trinajstić information content (AvgIpc) is 2.67. The molecule has 1 saturated heterocycles. The van der Waals surface area contributed by atoms with Crippen LogP contribution in [0.4, 0.5) is 8.78 Å². The van der Waals surface area contributed by atoms with E-state index < -0.39 is 11.6 Å². The van der Waals surface area contributed by atoms with Gasteiger partial charge in [0.25, 0.3) is 0 Å². The molecule has 1 atom stereocenters. The molecule has 1 aromatic carbocycles. The third-order valence-corrected chi connectivity index (χ3v) is 4.03. The second kappa shape index (κ2) is 7.50. The van der Waals surface area contributed by atoms with Gasteiger partial charge in [0.15, 0.2) is 0 Å². The molecule has 0 amide bonds. The van der Waals surface area contributed by atoms with Crippen LogP contribution in [-0.2, 0) is 16.1 Å². The lowest BCUT2D eigenvalue weighted by molar-refractivity contribution is -0.141. The molecule has 0 unspecified atom stereocenters. The first kappa shape index (κ1) is 15.9. The minimum Gasteiger partial charge on any atom is -0.469 e. The van der Waals surface area contributed by atoms with Gasteiger partial charge in [-0.2, -0.15) is 0 Å². The number of carbonyl (C=O) groups is 1. The molecule has 3 nitrogen and oxygen atoms in total. The molecule has 1 aliphatic heterocycles. The summed E-state index contributed by atoms with van der Waals surface area (Å²) in [6, 6.07) is 3.71. The van der Waals surface area contributed by atoms with E-state index >= 15 is 0 Å². The molecule has 21 heavy (non-hydrogen) atoms. The van der Waals surface area contributed by atoms with E-state index in [0.717, 1.165) is 38.4 Å². The topological polar surface area (TPSA) is 29.5 Å². The molecule has 0 spiro atoms. The summed E-state index contributed by atoms with van der Waals surface area (Å²) in [6.45, 7) is 2.17. The number of ether oxygens (including phenoxy) is 1. The fourth-order valence-corrected chi connectivity index (χ4v) is 2.80. The zero-order valence-corrected chi connectivity index (χ0v) is 12.3.